The summed E-state index contributed by atoms with van der Waals surface area (Å²) in [6.45, 7) is 12.7. The van der Waals surface area contributed by atoms with Crippen LogP contribution in [0.1, 0.15) is 41.5 Å². The maximum absolute atomic E-state index is 11.3. The zero-order valence-corrected chi connectivity index (χ0v) is 12.3. The molecule has 0 heterocycles. The topological polar surface area (TPSA) is 17.1 Å². The van der Waals surface area contributed by atoms with E-state index in [0.717, 1.165) is 28.6 Å². The average molecular weight is 253 g/mol. The molecule has 0 saturated heterocycles. The summed E-state index contributed by atoms with van der Waals surface area (Å²) in [6.07, 6.45) is 3.04. The summed E-state index contributed by atoms with van der Waals surface area (Å²) >= 11 is 5.90. The molecule has 1 rings (SSSR count). The molecule has 0 aliphatic heterocycles. The highest BCUT2D eigenvalue weighted by molar-refractivity contribution is 6.26. The van der Waals surface area contributed by atoms with Crippen LogP contribution in [0.25, 0.3) is 0 Å². The van der Waals surface area contributed by atoms with Crippen molar-refractivity contribution in [2.24, 2.45) is 10.8 Å². The third-order valence-corrected chi connectivity index (χ3v) is 3.22. The molecule has 1 aliphatic rings. The molecule has 0 bridgehead atoms. The minimum atomic E-state index is -0.0472. The van der Waals surface area contributed by atoms with Gasteiger partial charge in [0, 0.05) is 16.7 Å². The summed E-state index contributed by atoms with van der Waals surface area (Å²) in [7, 11) is 0. The minimum Gasteiger partial charge on any atom is -0.298 e. The predicted molar refractivity (Wildman–Crippen MR) is 74.0 cm³/mol. The SMILES string of the molecule is CC(C)(C)C1=CC(C(C)(C)C)=C(C=O)/C1=C\Cl. The predicted octanol–water partition coefficient (Wildman–Crippen LogP) is 4.64. The van der Waals surface area contributed by atoms with Crippen LogP contribution in [0.5, 0.6) is 0 Å². The highest BCUT2D eigenvalue weighted by Crippen LogP contribution is 2.45. The molecular formula is C15H21ClO. The number of halogens is 1. The van der Waals surface area contributed by atoms with Gasteiger partial charge in [-0.15, -0.1) is 0 Å². The molecule has 17 heavy (non-hydrogen) atoms. The Morgan fingerprint density at radius 2 is 1.59 bits per heavy atom. The Balaban J connectivity index is 3.44. The van der Waals surface area contributed by atoms with Gasteiger partial charge in [0.1, 0.15) is 0 Å². The summed E-state index contributed by atoms with van der Waals surface area (Å²) in [5.74, 6) is 0. The molecule has 0 aromatic rings. The van der Waals surface area contributed by atoms with Crippen LogP contribution >= 0.6 is 11.6 Å². The highest BCUT2D eigenvalue weighted by atomic mass is 35.5. The van der Waals surface area contributed by atoms with Crippen LogP contribution in [0.2, 0.25) is 0 Å². The van der Waals surface area contributed by atoms with Crippen molar-refractivity contribution in [2.75, 3.05) is 0 Å². The van der Waals surface area contributed by atoms with Crippen LogP contribution in [0.15, 0.2) is 33.9 Å². The molecule has 1 nitrogen and oxygen atoms in total. The van der Waals surface area contributed by atoms with Crippen molar-refractivity contribution in [3.8, 4) is 0 Å². The van der Waals surface area contributed by atoms with Gasteiger partial charge in [-0.05, 0) is 22.0 Å². The van der Waals surface area contributed by atoms with E-state index in [4.69, 9.17) is 11.6 Å². The first-order valence-corrected chi connectivity index (χ1v) is 6.30. The van der Waals surface area contributed by atoms with Crippen LogP contribution in [0, 0.1) is 10.8 Å². The molecule has 0 saturated carbocycles. The van der Waals surface area contributed by atoms with E-state index in [1.165, 1.54) is 5.54 Å². The molecule has 0 N–H and O–H groups in total. The van der Waals surface area contributed by atoms with Crippen LogP contribution in [-0.4, -0.2) is 6.29 Å². The van der Waals surface area contributed by atoms with Gasteiger partial charge >= 0.3 is 0 Å². The van der Waals surface area contributed by atoms with Gasteiger partial charge < -0.3 is 0 Å². The summed E-state index contributed by atoms with van der Waals surface area (Å²) in [6, 6.07) is 0. The van der Waals surface area contributed by atoms with Crippen LogP contribution in [0.3, 0.4) is 0 Å². The van der Waals surface area contributed by atoms with Crippen molar-refractivity contribution in [3.05, 3.63) is 33.9 Å². The number of rotatable bonds is 1. The van der Waals surface area contributed by atoms with E-state index in [2.05, 4.69) is 47.6 Å². The second-order valence-electron chi connectivity index (χ2n) is 6.53. The number of carbonyl (C=O) groups is 1. The summed E-state index contributed by atoms with van der Waals surface area (Å²) in [5, 5.41) is 0. The van der Waals surface area contributed by atoms with E-state index in [1.807, 2.05) is 0 Å². The Morgan fingerprint density at radius 3 is 1.88 bits per heavy atom. The van der Waals surface area contributed by atoms with Gasteiger partial charge in [-0.1, -0.05) is 59.2 Å². The number of hydrogen-bond donors (Lipinski definition) is 0. The maximum Gasteiger partial charge on any atom is 0.150 e. The van der Waals surface area contributed by atoms with Crippen LogP contribution in [0.4, 0.5) is 0 Å². The second kappa shape index (κ2) is 4.45. The van der Waals surface area contributed by atoms with Gasteiger partial charge in [-0.3, -0.25) is 4.79 Å². The van der Waals surface area contributed by atoms with E-state index >= 15 is 0 Å². The molecular weight excluding hydrogens is 232 g/mol. The van der Waals surface area contributed by atoms with Crippen LogP contribution in [-0.2, 0) is 4.79 Å². The largest absolute Gasteiger partial charge is 0.298 e. The molecule has 0 amide bonds. The quantitative estimate of drug-likeness (QED) is 0.622. The first kappa shape index (κ1) is 14.2. The van der Waals surface area contributed by atoms with Crippen molar-refractivity contribution in [1.82, 2.24) is 0 Å². The fraction of sp³-hybridized carbons (Fsp3) is 0.533. The molecule has 0 spiro atoms. The third-order valence-electron chi connectivity index (χ3n) is 3.00. The molecule has 0 atom stereocenters. The van der Waals surface area contributed by atoms with E-state index in [0.29, 0.717) is 0 Å². The lowest BCUT2D eigenvalue weighted by Crippen LogP contribution is -2.10. The standard InChI is InChI=1S/C15H21ClO/c1-14(2,3)12-7-13(15(4,5)6)11(9-17)10(12)8-16/h7-9H,1-6H3/b10-8+. The van der Waals surface area contributed by atoms with Crippen molar-refractivity contribution >= 4 is 17.9 Å². The van der Waals surface area contributed by atoms with E-state index in [9.17, 15) is 4.79 Å². The van der Waals surface area contributed by atoms with E-state index in [-0.39, 0.29) is 10.8 Å². The van der Waals surface area contributed by atoms with Crippen LogP contribution < -0.4 is 0 Å². The number of allylic oxidation sites excluding steroid dienone is 5. The molecule has 94 valence electrons. The van der Waals surface area contributed by atoms with Crippen molar-refractivity contribution in [3.63, 3.8) is 0 Å². The van der Waals surface area contributed by atoms with Crippen molar-refractivity contribution in [2.45, 2.75) is 41.5 Å². The van der Waals surface area contributed by atoms with Gasteiger partial charge in [0.2, 0.25) is 0 Å². The summed E-state index contributed by atoms with van der Waals surface area (Å²) in [5.41, 5.74) is 5.29. The molecule has 0 unspecified atom stereocenters. The monoisotopic (exact) mass is 252 g/mol. The Morgan fingerprint density at radius 1 is 1.06 bits per heavy atom. The highest BCUT2D eigenvalue weighted by Gasteiger charge is 2.33. The van der Waals surface area contributed by atoms with Gasteiger partial charge in [0.25, 0.3) is 0 Å². The fourth-order valence-electron chi connectivity index (χ4n) is 2.08. The second-order valence-corrected chi connectivity index (χ2v) is 6.74. The van der Waals surface area contributed by atoms with Crippen molar-refractivity contribution < 1.29 is 4.79 Å². The lowest BCUT2D eigenvalue weighted by Gasteiger charge is -2.22. The number of hydrogen-bond acceptors (Lipinski definition) is 1. The normalized spacial score (nSPS) is 19.9. The zero-order chi connectivity index (χ0) is 13.4. The fourth-order valence-corrected chi connectivity index (χ4v) is 2.31. The Bertz CT molecular complexity index is 423. The lowest BCUT2D eigenvalue weighted by molar-refractivity contribution is -0.104. The maximum atomic E-state index is 11.3. The minimum absolute atomic E-state index is 0.0119. The number of aldehydes is 1. The zero-order valence-electron chi connectivity index (χ0n) is 11.5. The third kappa shape index (κ3) is 2.71. The lowest BCUT2D eigenvalue weighted by atomic mass is 9.82. The smallest absolute Gasteiger partial charge is 0.150 e. The van der Waals surface area contributed by atoms with Gasteiger partial charge in [-0.25, -0.2) is 0 Å². The van der Waals surface area contributed by atoms with Gasteiger partial charge in [-0.2, -0.15) is 0 Å². The molecule has 0 aromatic heterocycles. The Hall–Kier alpha value is -0.820. The van der Waals surface area contributed by atoms with E-state index in [1.54, 1.807) is 0 Å². The summed E-state index contributed by atoms with van der Waals surface area (Å²) < 4.78 is 0. The molecule has 0 aromatic carbocycles. The van der Waals surface area contributed by atoms with Gasteiger partial charge in [0.15, 0.2) is 6.29 Å². The Labute approximate surface area is 109 Å². The Kier molecular flexibility index (Phi) is 3.73. The average Bonchev–Trinajstić information content (AvgIpc) is 2.54. The van der Waals surface area contributed by atoms with Crippen molar-refractivity contribution in [1.29, 1.82) is 0 Å². The molecule has 0 radical (unpaired) electrons. The number of carbonyl (C=O) groups excluding carboxylic acids is 1. The first-order chi connectivity index (χ1) is 7.62. The molecule has 0 fully saturated rings. The molecule has 2 heteroatoms. The summed E-state index contributed by atoms with van der Waals surface area (Å²) in [4.78, 5) is 11.3. The molecule has 1 aliphatic carbocycles. The first-order valence-electron chi connectivity index (χ1n) is 5.86. The van der Waals surface area contributed by atoms with E-state index < -0.39 is 0 Å². The van der Waals surface area contributed by atoms with Gasteiger partial charge in [0.05, 0.1) is 0 Å².